The molecule has 0 aliphatic rings. The summed E-state index contributed by atoms with van der Waals surface area (Å²) < 4.78 is 4.94. The van der Waals surface area contributed by atoms with Crippen molar-refractivity contribution in [1.82, 2.24) is 5.32 Å². The van der Waals surface area contributed by atoms with E-state index < -0.39 is 4.92 Å². The third-order valence-electron chi connectivity index (χ3n) is 1.65. The zero-order valence-electron chi connectivity index (χ0n) is 6.90. The van der Waals surface area contributed by atoms with Crippen LogP contribution in [0.25, 0.3) is 0 Å². The van der Waals surface area contributed by atoms with E-state index in [9.17, 15) is 10.1 Å². The normalized spacial score (nSPS) is 12.8. The molecule has 0 unspecified atom stereocenters. The highest BCUT2D eigenvalue weighted by atomic mass is 16.6. The molecule has 1 aromatic rings. The fourth-order valence-corrected chi connectivity index (χ4v) is 0.815. The molecule has 5 nitrogen and oxygen atoms in total. The molecule has 12 heavy (non-hydrogen) atoms. The van der Waals surface area contributed by atoms with E-state index >= 15 is 0 Å². The Morgan fingerprint density at radius 1 is 1.67 bits per heavy atom. The molecule has 0 saturated heterocycles. The number of rotatable bonds is 3. The predicted octanol–water partition coefficient (Wildman–Crippen LogP) is 1.47. The van der Waals surface area contributed by atoms with Crippen molar-refractivity contribution in [3.63, 3.8) is 0 Å². The highest BCUT2D eigenvalue weighted by Gasteiger charge is 2.14. The van der Waals surface area contributed by atoms with Crippen LogP contribution < -0.4 is 5.32 Å². The first-order valence-electron chi connectivity index (χ1n) is 3.56. The summed E-state index contributed by atoms with van der Waals surface area (Å²) in [6.45, 7) is 1.86. The number of furan rings is 1. The molecule has 0 saturated carbocycles. The Bertz CT molecular complexity index is 282. The lowest BCUT2D eigenvalue weighted by molar-refractivity contribution is -0.402. The molecule has 0 amide bonds. The van der Waals surface area contributed by atoms with Gasteiger partial charge in [0, 0.05) is 0 Å². The van der Waals surface area contributed by atoms with E-state index in [2.05, 4.69) is 5.32 Å². The molecule has 1 aromatic heterocycles. The van der Waals surface area contributed by atoms with Gasteiger partial charge in [0.25, 0.3) is 0 Å². The maximum absolute atomic E-state index is 10.2. The Balaban J connectivity index is 2.84. The van der Waals surface area contributed by atoms with E-state index in [1.165, 1.54) is 6.07 Å². The smallest absolute Gasteiger partial charge is 0.404 e. The summed E-state index contributed by atoms with van der Waals surface area (Å²) >= 11 is 0. The molecule has 1 heterocycles. The molecule has 5 heteroatoms. The summed E-state index contributed by atoms with van der Waals surface area (Å²) in [5, 5.41) is 13.1. The van der Waals surface area contributed by atoms with Crippen molar-refractivity contribution in [2.24, 2.45) is 0 Å². The van der Waals surface area contributed by atoms with E-state index in [4.69, 9.17) is 4.42 Å². The molecule has 1 rings (SSSR count). The van der Waals surface area contributed by atoms with Gasteiger partial charge in [-0.15, -0.1) is 0 Å². The molecule has 0 radical (unpaired) electrons. The molecule has 66 valence electrons. The summed E-state index contributed by atoms with van der Waals surface area (Å²) in [5.74, 6) is 0.358. The summed E-state index contributed by atoms with van der Waals surface area (Å²) in [6.07, 6.45) is 0. The van der Waals surface area contributed by atoms with Crippen molar-refractivity contribution in [3.05, 3.63) is 28.0 Å². The average molecular weight is 170 g/mol. The van der Waals surface area contributed by atoms with Gasteiger partial charge < -0.3 is 9.73 Å². The van der Waals surface area contributed by atoms with Gasteiger partial charge in [0.15, 0.2) is 0 Å². The van der Waals surface area contributed by atoms with E-state index in [1.807, 2.05) is 6.92 Å². The lowest BCUT2D eigenvalue weighted by Gasteiger charge is -2.03. The standard InChI is InChI=1S/C7H10N2O3/c1-5(8-2)6-3-4-7(12-6)9(10)11/h3-5,8H,1-2H3/t5-/m0/s1. The van der Waals surface area contributed by atoms with Crippen LogP contribution in [-0.4, -0.2) is 12.0 Å². The lowest BCUT2D eigenvalue weighted by atomic mass is 10.3. The van der Waals surface area contributed by atoms with Gasteiger partial charge in [-0.2, -0.15) is 0 Å². The number of hydrogen-bond donors (Lipinski definition) is 1. The molecule has 0 aliphatic heterocycles. The SMILES string of the molecule is CN[C@@H](C)c1ccc([N+](=O)[O-])o1. The van der Waals surface area contributed by atoms with E-state index in [0.29, 0.717) is 5.76 Å². The molecule has 1 N–H and O–H groups in total. The second-order valence-corrected chi connectivity index (χ2v) is 2.44. The van der Waals surface area contributed by atoms with Gasteiger partial charge in [-0.05, 0) is 20.0 Å². The summed E-state index contributed by atoms with van der Waals surface area (Å²) in [5.41, 5.74) is 0. The summed E-state index contributed by atoms with van der Waals surface area (Å²) in [6, 6.07) is 2.95. The van der Waals surface area contributed by atoms with Crippen molar-refractivity contribution in [3.8, 4) is 0 Å². The first-order valence-corrected chi connectivity index (χ1v) is 3.56. The Morgan fingerprint density at radius 2 is 2.33 bits per heavy atom. The monoisotopic (exact) mass is 170 g/mol. The second-order valence-electron chi connectivity index (χ2n) is 2.44. The zero-order chi connectivity index (χ0) is 9.14. The maximum atomic E-state index is 10.2. The van der Waals surface area contributed by atoms with Gasteiger partial charge in [0.2, 0.25) is 0 Å². The van der Waals surface area contributed by atoms with Crippen LogP contribution in [0.3, 0.4) is 0 Å². The van der Waals surface area contributed by atoms with Gasteiger partial charge in [0.1, 0.15) is 10.7 Å². The van der Waals surface area contributed by atoms with Gasteiger partial charge in [0.05, 0.1) is 12.1 Å². The van der Waals surface area contributed by atoms with Crippen LogP contribution in [0.5, 0.6) is 0 Å². The Hall–Kier alpha value is -1.36. The molecule has 1 atom stereocenters. The Labute approximate surface area is 69.5 Å². The topological polar surface area (TPSA) is 68.3 Å². The molecular weight excluding hydrogens is 160 g/mol. The Kier molecular flexibility index (Phi) is 2.44. The van der Waals surface area contributed by atoms with Crippen molar-refractivity contribution >= 4 is 5.88 Å². The minimum Gasteiger partial charge on any atom is -0.404 e. The van der Waals surface area contributed by atoms with Gasteiger partial charge in [-0.1, -0.05) is 0 Å². The molecule has 0 aliphatic carbocycles. The zero-order valence-corrected chi connectivity index (χ0v) is 6.90. The fourth-order valence-electron chi connectivity index (χ4n) is 0.815. The van der Waals surface area contributed by atoms with Gasteiger partial charge in [-0.25, -0.2) is 0 Å². The second kappa shape index (κ2) is 3.36. The number of nitrogens with one attached hydrogen (secondary N) is 1. The first kappa shape index (κ1) is 8.73. The molecule has 0 fully saturated rings. The number of nitro groups is 1. The van der Waals surface area contributed by atoms with Crippen molar-refractivity contribution < 1.29 is 9.34 Å². The van der Waals surface area contributed by atoms with E-state index in [1.54, 1.807) is 13.1 Å². The highest BCUT2D eigenvalue weighted by Crippen LogP contribution is 2.20. The van der Waals surface area contributed by atoms with Crippen molar-refractivity contribution in [2.45, 2.75) is 13.0 Å². The number of hydrogen-bond acceptors (Lipinski definition) is 4. The minimum absolute atomic E-state index is 0.00120. The molecule has 0 spiro atoms. The highest BCUT2D eigenvalue weighted by molar-refractivity contribution is 5.19. The summed E-state index contributed by atoms with van der Waals surface area (Å²) in [7, 11) is 1.76. The summed E-state index contributed by atoms with van der Waals surface area (Å²) in [4.78, 5) is 9.67. The fraction of sp³-hybridized carbons (Fsp3) is 0.429. The molecular formula is C7H10N2O3. The lowest BCUT2D eigenvalue weighted by Crippen LogP contribution is -2.11. The first-order chi connectivity index (χ1) is 5.65. The third kappa shape index (κ3) is 1.62. The van der Waals surface area contributed by atoms with Crippen LogP contribution in [0, 0.1) is 10.1 Å². The molecule has 0 bridgehead atoms. The van der Waals surface area contributed by atoms with Crippen LogP contribution >= 0.6 is 0 Å². The van der Waals surface area contributed by atoms with Crippen LogP contribution in [0.1, 0.15) is 18.7 Å². The van der Waals surface area contributed by atoms with Gasteiger partial charge >= 0.3 is 5.88 Å². The average Bonchev–Trinajstić information content (AvgIpc) is 2.51. The van der Waals surface area contributed by atoms with Gasteiger partial charge in [-0.3, -0.25) is 10.1 Å². The quantitative estimate of drug-likeness (QED) is 0.550. The Morgan fingerprint density at radius 3 is 2.75 bits per heavy atom. The largest absolute Gasteiger partial charge is 0.433 e. The van der Waals surface area contributed by atoms with Crippen LogP contribution in [0.4, 0.5) is 5.88 Å². The van der Waals surface area contributed by atoms with E-state index in [0.717, 1.165) is 0 Å². The molecule has 0 aromatic carbocycles. The minimum atomic E-state index is -0.550. The van der Waals surface area contributed by atoms with Crippen LogP contribution in [0.15, 0.2) is 16.5 Å². The van der Waals surface area contributed by atoms with Crippen molar-refractivity contribution in [1.29, 1.82) is 0 Å². The third-order valence-corrected chi connectivity index (χ3v) is 1.65. The predicted molar refractivity (Wildman–Crippen MR) is 42.8 cm³/mol. The van der Waals surface area contributed by atoms with Crippen LogP contribution in [0.2, 0.25) is 0 Å². The number of nitrogens with zero attached hydrogens (tertiary/aromatic N) is 1. The van der Waals surface area contributed by atoms with E-state index in [-0.39, 0.29) is 11.9 Å². The van der Waals surface area contributed by atoms with Crippen molar-refractivity contribution in [2.75, 3.05) is 7.05 Å². The van der Waals surface area contributed by atoms with Crippen LogP contribution in [-0.2, 0) is 0 Å². The maximum Gasteiger partial charge on any atom is 0.433 e.